The van der Waals surface area contributed by atoms with Crippen LogP contribution in [-0.4, -0.2) is 48.3 Å². The molecule has 5 rings (SSSR count). The van der Waals surface area contributed by atoms with Crippen molar-refractivity contribution in [3.05, 3.63) is 35.5 Å². The fourth-order valence-corrected chi connectivity index (χ4v) is 5.72. The van der Waals surface area contributed by atoms with Crippen molar-refractivity contribution >= 4 is 16.9 Å². The van der Waals surface area contributed by atoms with E-state index >= 15 is 0 Å². The van der Waals surface area contributed by atoms with E-state index in [1.165, 1.54) is 22.2 Å². The second kappa shape index (κ2) is 7.44. The summed E-state index contributed by atoms with van der Waals surface area (Å²) < 4.78 is 11.7. The van der Waals surface area contributed by atoms with Gasteiger partial charge in [-0.1, -0.05) is 39.0 Å². The van der Waals surface area contributed by atoms with E-state index in [9.17, 15) is 4.79 Å². The summed E-state index contributed by atoms with van der Waals surface area (Å²) in [6.45, 7) is 9.66. The standard InChI is InChI=1S/C24H32N2O3/c1-14(2)12-29-24(27)23-18-10-21-22-17(16-6-4-5-7-20(16)25-22)8-9-26(21)11-19(18)15(3)13-28-23/h4-7,14-15,18-19,21,23,25H,8-13H2,1-3H3/t15-,18+,19-,21+,23?/m1/s1. The maximum atomic E-state index is 12.8. The Balaban J connectivity index is 1.44. The summed E-state index contributed by atoms with van der Waals surface area (Å²) in [6.07, 6.45) is 1.63. The Morgan fingerprint density at radius 2 is 2.14 bits per heavy atom. The van der Waals surface area contributed by atoms with Crippen LogP contribution in [0.5, 0.6) is 0 Å². The van der Waals surface area contributed by atoms with Crippen LogP contribution in [0.25, 0.3) is 10.9 Å². The third-order valence-corrected chi connectivity index (χ3v) is 7.21. The minimum atomic E-state index is -0.424. The number of H-pyrrole nitrogens is 1. The van der Waals surface area contributed by atoms with Crippen LogP contribution in [0.2, 0.25) is 0 Å². The van der Waals surface area contributed by atoms with Crippen molar-refractivity contribution in [1.82, 2.24) is 9.88 Å². The maximum Gasteiger partial charge on any atom is 0.335 e. The molecule has 5 heteroatoms. The Kier molecular flexibility index (Phi) is 4.91. The van der Waals surface area contributed by atoms with Gasteiger partial charge in [-0.2, -0.15) is 0 Å². The summed E-state index contributed by atoms with van der Waals surface area (Å²) in [5.74, 6) is 1.35. The van der Waals surface area contributed by atoms with Gasteiger partial charge < -0.3 is 14.5 Å². The highest BCUT2D eigenvalue weighted by Crippen LogP contribution is 2.47. The van der Waals surface area contributed by atoms with Gasteiger partial charge in [0.15, 0.2) is 6.10 Å². The number of hydrogen-bond acceptors (Lipinski definition) is 4. The Morgan fingerprint density at radius 1 is 1.31 bits per heavy atom. The van der Waals surface area contributed by atoms with E-state index in [0.717, 1.165) is 25.9 Å². The van der Waals surface area contributed by atoms with E-state index in [0.29, 0.717) is 37.0 Å². The van der Waals surface area contributed by atoms with Gasteiger partial charge in [-0.05, 0) is 42.2 Å². The number of nitrogens with one attached hydrogen (secondary N) is 1. The zero-order valence-electron chi connectivity index (χ0n) is 17.7. The molecule has 1 unspecified atom stereocenters. The van der Waals surface area contributed by atoms with E-state index in [1.807, 2.05) is 0 Å². The minimum absolute atomic E-state index is 0.165. The van der Waals surface area contributed by atoms with Gasteiger partial charge in [0.2, 0.25) is 0 Å². The van der Waals surface area contributed by atoms with Gasteiger partial charge in [0, 0.05) is 35.6 Å². The summed E-state index contributed by atoms with van der Waals surface area (Å²) >= 11 is 0. The van der Waals surface area contributed by atoms with Crippen molar-refractivity contribution in [2.45, 2.75) is 45.8 Å². The fraction of sp³-hybridized carbons (Fsp3) is 0.625. The third-order valence-electron chi connectivity index (χ3n) is 7.21. The SMILES string of the molecule is CC(C)COC(=O)C1OC[C@@H](C)[C@H]2CN3CCc4c([nH]c5ccccc45)[C@@H]3C[C@H]12. The molecule has 1 aromatic heterocycles. The maximum absolute atomic E-state index is 12.8. The zero-order chi connectivity index (χ0) is 20.1. The number of piperidine rings is 1. The van der Waals surface area contributed by atoms with Crippen LogP contribution in [0.1, 0.15) is 44.5 Å². The first kappa shape index (κ1) is 19.1. The molecule has 2 aromatic rings. The summed E-state index contributed by atoms with van der Waals surface area (Å²) in [5, 5.41) is 1.35. The van der Waals surface area contributed by atoms with Crippen LogP contribution in [0, 0.1) is 23.7 Å². The lowest BCUT2D eigenvalue weighted by atomic mass is 9.70. The lowest BCUT2D eigenvalue weighted by Gasteiger charge is -2.51. The van der Waals surface area contributed by atoms with Gasteiger partial charge >= 0.3 is 5.97 Å². The molecule has 0 radical (unpaired) electrons. The third kappa shape index (κ3) is 3.28. The number of aromatic amines is 1. The number of carbonyl (C=O) groups excluding carboxylic acids is 1. The van der Waals surface area contributed by atoms with Gasteiger partial charge in [-0.15, -0.1) is 0 Å². The molecule has 2 saturated heterocycles. The van der Waals surface area contributed by atoms with E-state index < -0.39 is 6.10 Å². The summed E-state index contributed by atoms with van der Waals surface area (Å²) in [4.78, 5) is 19.2. The lowest BCUT2D eigenvalue weighted by molar-refractivity contribution is -0.181. The van der Waals surface area contributed by atoms with Gasteiger partial charge in [0.1, 0.15) is 0 Å². The smallest absolute Gasteiger partial charge is 0.335 e. The average Bonchev–Trinajstić information content (AvgIpc) is 3.10. The molecule has 3 aliphatic rings. The summed E-state index contributed by atoms with van der Waals surface area (Å²) in [6, 6.07) is 8.94. The molecule has 0 aliphatic carbocycles. The van der Waals surface area contributed by atoms with Gasteiger partial charge in [-0.3, -0.25) is 4.90 Å². The number of hydrogen-bond donors (Lipinski definition) is 1. The summed E-state index contributed by atoms with van der Waals surface area (Å²) in [5.41, 5.74) is 4.04. The lowest BCUT2D eigenvalue weighted by Crippen LogP contribution is -2.56. The van der Waals surface area contributed by atoms with Crippen LogP contribution in [0.3, 0.4) is 0 Å². The number of fused-ring (bicyclic) bond motifs is 6. The first-order valence-electron chi connectivity index (χ1n) is 11.1. The molecular formula is C24H32N2O3. The average molecular weight is 397 g/mol. The zero-order valence-corrected chi connectivity index (χ0v) is 17.7. The highest BCUT2D eigenvalue weighted by Gasteiger charge is 2.49. The molecule has 5 nitrogen and oxygen atoms in total. The predicted molar refractivity (Wildman–Crippen MR) is 113 cm³/mol. The Bertz CT molecular complexity index is 905. The molecule has 0 spiro atoms. The number of para-hydroxylation sites is 1. The van der Waals surface area contributed by atoms with E-state index in [4.69, 9.17) is 9.47 Å². The summed E-state index contributed by atoms with van der Waals surface area (Å²) in [7, 11) is 0. The normalized spacial score (nSPS) is 31.9. The first-order chi connectivity index (χ1) is 14.0. The Hall–Kier alpha value is -1.85. The van der Waals surface area contributed by atoms with Gasteiger partial charge in [0.25, 0.3) is 0 Å². The predicted octanol–water partition coefficient (Wildman–Crippen LogP) is 3.94. The molecule has 156 valence electrons. The van der Waals surface area contributed by atoms with Crippen molar-refractivity contribution < 1.29 is 14.3 Å². The largest absolute Gasteiger partial charge is 0.463 e. The van der Waals surface area contributed by atoms with Crippen molar-refractivity contribution in [2.75, 3.05) is 26.3 Å². The van der Waals surface area contributed by atoms with Crippen molar-refractivity contribution in [3.63, 3.8) is 0 Å². The number of aromatic nitrogens is 1. The van der Waals surface area contributed by atoms with Crippen LogP contribution in [-0.2, 0) is 20.7 Å². The molecule has 0 saturated carbocycles. The molecule has 0 bridgehead atoms. The van der Waals surface area contributed by atoms with Crippen LogP contribution < -0.4 is 0 Å². The molecule has 4 heterocycles. The number of rotatable bonds is 3. The van der Waals surface area contributed by atoms with E-state index in [1.54, 1.807) is 0 Å². The van der Waals surface area contributed by atoms with Crippen LogP contribution in [0.15, 0.2) is 24.3 Å². The van der Waals surface area contributed by atoms with Crippen molar-refractivity contribution in [3.8, 4) is 0 Å². The fourth-order valence-electron chi connectivity index (χ4n) is 5.72. The molecule has 1 aromatic carbocycles. The molecule has 2 fully saturated rings. The second-order valence-electron chi connectivity index (χ2n) is 9.64. The highest BCUT2D eigenvalue weighted by atomic mass is 16.6. The molecule has 1 N–H and O–H groups in total. The topological polar surface area (TPSA) is 54.6 Å². The van der Waals surface area contributed by atoms with E-state index in [2.05, 4.69) is 54.9 Å². The highest BCUT2D eigenvalue weighted by molar-refractivity contribution is 5.85. The monoisotopic (exact) mass is 396 g/mol. The molecular weight excluding hydrogens is 364 g/mol. The second-order valence-corrected chi connectivity index (χ2v) is 9.64. The molecule has 0 amide bonds. The first-order valence-corrected chi connectivity index (χ1v) is 11.1. The number of benzene rings is 1. The number of esters is 1. The number of ether oxygens (including phenoxy) is 2. The minimum Gasteiger partial charge on any atom is -0.463 e. The number of nitrogens with zero attached hydrogens (tertiary/aromatic N) is 1. The van der Waals surface area contributed by atoms with Gasteiger partial charge in [0.05, 0.1) is 19.3 Å². The molecule has 29 heavy (non-hydrogen) atoms. The van der Waals surface area contributed by atoms with Gasteiger partial charge in [-0.25, -0.2) is 4.79 Å². The van der Waals surface area contributed by atoms with Crippen LogP contribution in [0.4, 0.5) is 0 Å². The molecule has 3 aliphatic heterocycles. The molecule has 5 atom stereocenters. The van der Waals surface area contributed by atoms with Crippen molar-refractivity contribution in [1.29, 1.82) is 0 Å². The Morgan fingerprint density at radius 3 is 2.97 bits per heavy atom. The van der Waals surface area contributed by atoms with Crippen molar-refractivity contribution in [2.24, 2.45) is 23.7 Å². The van der Waals surface area contributed by atoms with E-state index in [-0.39, 0.29) is 11.9 Å². The number of carbonyl (C=O) groups is 1. The van der Waals surface area contributed by atoms with Crippen LogP contribution >= 0.6 is 0 Å². The Labute approximate surface area is 172 Å². The quantitative estimate of drug-likeness (QED) is 0.799.